The van der Waals surface area contributed by atoms with E-state index in [0.29, 0.717) is 5.69 Å². The second-order valence-electron chi connectivity index (χ2n) is 4.28. The van der Waals surface area contributed by atoms with Gasteiger partial charge in [0.25, 0.3) is 5.91 Å². The topological polar surface area (TPSA) is 73.0 Å². The number of hydrogen-bond acceptors (Lipinski definition) is 4. The monoisotopic (exact) mass is 268 g/mol. The van der Waals surface area contributed by atoms with E-state index in [1.54, 1.807) is 6.20 Å². The standard InChI is InChI=1S/C14H12N4O2/c1-18-7-6-15-13(18)10-3-2-4-11(9-10)16-14(19)12-5-8-20-17-12/h2-9H,1H3,(H,16,19). The van der Waals surface area contributed by atoms with Crippen molar-refractivity contribution in [1.82, 2.24) is 14.7 Å². The first-order valence-corrected chi connectivity index (χ1v) is 6.03. The molecule has 0 unspecified atom stereocenters. The minimum Gasteiger partial charge on any atom is -0.364 e. The molecule has 0 radical (unpaired) electrons. The van der Waals surface area contributed by atoms with E-state index in [1.165, 1.54) is 12.3 Å². The quantitative estimate of drug-likeness (QED) is 0.791. The van der Waals surface area contributed by atoms with Gasteiger partial charge < -0.3 is 14.4 Å². The molecule has 3 rings (SSSR count). The molecule has 1 amide bonds. The van der Waals surface area contributed by atoms with Gasteiger partial charge in [0, 0.05) is 36.8 Å². The van der Waals surface area contributed by atoms with Gasteiger partial charge >= 0.3 is 0 Å². The molecular weight excluding hydrogens is 256 g/mol. The van der Waals surface area contributed by atoms with Crippen LogP contribution < -0.4 is 5.32 Å². The minimum atomic E-state index is -0.309. The second kappa shape index (κ2) is 5.00. The van der Waals surface area contributed by atoms with Crippen molar-refractivity contribution in [3.05, 3.63) is 54.7 Å². The predicted octanol–water partition coefficient (Wildman–Crippen LogP) is 2.33. The lowest BCUT2D eigenvalue weighted by Crippen LogP contribution is -2.12. The molecule has 0 aliphatic rings. The van der Waals surface area contributed by atoms with Crippen LogP contribution in [0.15, 0.2) is 53.5 Å². The number of rotatable bonds is 3. The first-order chi connectivity index (χ1) is 9.74. The summed E-state index contributed by atoms with van der Waals surface area (Å²) >= 11 is 0. The van der Waals surface area contributed by atoms with Crippen LogP contribution in [0, 0.1) is 0 Å². The number of amides is 1. The van der Waals surface area contributed by atoms with Gasteiger partial charge in [0.15, 0.2) is 5.69 Å². The first kappa shape index (κ1) is 12.2. The highest BCUT2D eigenvalue weighted by atomic mass is 16.5. The van der Waals surface area contributed by atoms with Crippen molar-refractivity contribution in [1.29, 1.82) is 0 Å². The van der Waals surface area contributed by atoms with Crippen LogP contribution in [0.1, 0.15) is 10.5 Å². The maximum absolute atomic E-state index is 11.9. The summed E-state index contributed by atoms with van der Waals surface area (Å²) in [6.45, 7) is 0. The average Bonchev–Trinajstić information content (AvgIpc) is 3.10. The largest absolute Gasteiger partial charge is 0.364 e. The molecule has 1 N–H and O–H groups in total. The Balaban J connectivity index is 1.85. The Kier molecular flexibility index (Phi) is 3.04. The average molecular weight is 268 g/mol. The number of hydrogen-bond donors (Lipinski definition) is 1. The normalized spacial score (nSPS) is 10.4. The summed E-state index contributed by atoms with van der Waals surface area (Å²) < 4.78 is 6.56. The molecule has 0 saturated heterocycles. The summed E-state index contributed by atoms with van der Waals surface area (Å²) in [4.78, 5) is 16.2. The number of nitrogens with zero attached hydrogens (tertiary/aromatic N) is 3. The molecule has 0 fully saturated rings. The van der Waals surface area contributed by atoms with Crippen molar-refractivity contribution in [3.63, 3.8) is 0 Å². The van der Waals surface area contributed by atoms with Crippen molar-refractivity contribution < 1.29 is 9.32 Å². The van der Waals surface area contributed by atoms with Crippen molar-refractivity contribution in [3.8, 4) is 11.4 Å². The number of carbonyl (C=O) groups excluding carboxylic acids is 1. The van der Waals surface area contributed by atoms with E-state index in [4.69, 9.17) is 0 Å². The van der Waals surface area contributed by atoms with Gasteiger partial charge in [-0.15, -0.1) is 0 Å². The summed E-state index contributed by atoms with van der Waals surface area (Å²) in [7, 11) is 1.92. The Morgan fingerprint density at radius 1 is 1.35 bits per heavy atom. The molecule has 20 heavy (non-hydrogen) atoms. The number of aromatic nitrogens is 3. The highest BCUT2D eigenvalue weighted by Gasteiger charge is 2.10. The number of imidazole rings is 1. The molecule has 1 aromatic carbocycles. The molecule has 2 aromatic heterocycles. The number of nitrogens with one attached hydrogen (secondary N) is 1. The third kappa shape index (κ3) is 2.31. The van der Waals surface area contributed by atoms with E-state index < -0.39 is 0 Å². The Bertz CT molecular complexity index is 731. The molecule has 3 aromatic rings. The number of benzene rings is 1. The maximum atomic E-state index is 11.9. The van der Waals surface area contributed by atoms with Gasteiger partial charge in [-0.1, -0.05) is 17.3 Å². The molecular formula is C14H12N4O2. The molecule has 2 heterocycles. The zero-order valence-electron chi connectivity index (χ0n) is 10.8. The molecule has 0 aliphatic heterocycles. The number of anilines is 1. The lowest BCUT2D eigenvalue weighted by Gasteiger charge is -2.06. The fourth-order valence-corrected chi connectivity index (χ4v) is 1.90. The highest BCUT2D eigenvalue weighted by molar-refractivity contribution is 6.02. The zero-order chi connectivity index (χ0) is 13.9. The second-order valence-corrected chi connectivity index (χ2v) is 4.28. The van der Waals surface area contributed by atoms with Gasteiger partial charge in [0.2, 0.25) is 0 Å². The van der Waals surface area contributed by atoms with Crippen LogP contribution in [0.5, 0.6) is 0 Å². The predicted molar refractivity (Wildman–Crippen MR) is 73.1 cm³/mol. The van der Waals surface area contributed by atoms with E-state index in [1.807, 2.05) is 42.1 Å². The lowest BCUT2D eigenvalue weighted by molar-refractivity contribution is 0.101. The molecule has 0 spiro atoms. The fourth-order valence-electron chi connectivity index (χ4n) is 1.90. The molecule has 6 heteroatoms. The fraction of sp³-hybridized carbons (Fsp3) is 0.0714. The summed E-state index contributed by atoms with van der Waals surface area (Å²) in [5.41, 5.74) is 1.85. The molecule has 0 bridgehead atoms. The van der Waals surface area contributed by atoms with Gasteiger partial charge in [-0.05, 0) is 12.1 Å². The van der Waals surface area contributed by atoms with E-state index in [2.05, 4.69) is 20.0 Å². The molecule has 6 nitrogen and oxygen atoms in total. The number of carbonyl (C=O) groups is 1. The van der Waals surface area contributed by atoms with E-state index in [9.17, 15) is 4.79 Å². The Morgan fingerprint density at radius 3 is 2.95 bits per heavy atom. The summed E-state index contributed by atoms with van der Waals surface area (Å²) in [6, 6.07) is 8.99. The smallest absolute Gasteiger partial charge is 0.277 e. The third-order valence-electron chi connectivity index (χ3n) is 2.87. The van der Waals surface area contributed by atoms with Gasteiger partial charge in [-0.3, -0.25) is 4.79 Å². The SMILES string of the molecule is Cn1ccnc1-c1cccc(NC(=O)c2ccon2)c1. The van der Waals surface area contributed by atoms with Crippen molar-refractivity contribution >= 4 is 11.6 Å². The van der Waals surface area contributed by atoms with Crippen LogP contribution in [0.3, 0.4) is 0 Å². The van der Waals surface area contributed by atoms with Crippen LogP contribution in [0.25, 0.3) is 11.4 Å². The minimum absolute atomic E-state index is 0.243. The Hall–Kier alpha value is -2.89. The van der Waals surface area contributed by atoms with Crippen molar-refractivity contribution in [2.24, 2.45) is 7.05 Å². The van der Waals surface area contributed by atoms with Gasteiger partial charge in [0.1, 0.15) is 12.1 Å². The lowest BCUT2D eigenvalue weighted by atomic mass is 10.2. The van der Waals surface area contributed by atoms with Gasteiger partial charge in [0.05, 0.1) is 0 Å². The summed E-state index contributed by atoms with van der Waals surface area (Å²) in [5, 5.41) is 6.36. The van der Waals surface area contributed by atoms with Crippen LogP contribution in [-0.2, 0) is 7.05 Å². The zero-order valence-corrected chi connectivity index (χ0v) is 10.8. The molecule has 0 saturated carbocycles. The van der Waals surface area contributed by atoms with E-state index in [-0.39, 0.29) is 11.6 Å². The maximum Gasteiger partial charge on any atom is 0.277 e. The van der Waals surface area contributed by atoms with Crippen LogP contribution in [0.4, 0.5) is 5.69 Å². The number of aryl methyl sites for hydroxylation is 1. The molecule has 0 atom stereocenters. The Morgan fingerprint density at radius 2 is 2.25 bits per heavy atom. The summed E-state index contributed by atoms with van der Waals surface area (Å²) in [6.07, 6.45) is 4.96. The highest BCUT2D eigenvalue weighted by Crippen LogP contribution is 2.20. The molecule has 100 valence electrons. The van der Waals surface area contributed by atoms with Gasteiger partial charge in [-0.2, -0.15) is 0 Å². The van der Waals surface area contributed by atoms with Crippen LogP contribution >= 0.6 is 0 Å². The first-order valence-electron chi connectivity index (χ1n) is 6.03. The molecule has 0 aliphatic carbocycles. The van der Waals surface area contributed by atoms with E-state index in [0.717, 1.165) is 11.4 Å². The summed E-state index contributed by atoms with van der Waals surface area (Å²) in [5.74, 6) is 0.526. The van der Waals surface area contributed by atoms with Crippen molar-refractivity contribution in [2.45, 2.75) is 0 Å². The Labute approximate surface area is 115 Å². The van der Waals surface area contributed by atoms with E-state index >= 15 is 0 Å². The van der Waals surface area contributed by atoms with Crippen molar-refractivity contribution in [2.75, 3.05) is 5.32 Å². The van der Waals surface area contributed by atoms with Crippen LogP contribution in [0.2, 0.25) is 0 Å². The van der Waals surface area contributed by atoms with Crippen LogP contribution in [-0.4, -0.2) is 20.6 Å². The van der Waals surface area contributed by atoms with Gasteiger partial charge in [-0.25, -0.2) is 4.98 Å². The third-order valence-corrected chi connectivity index (χ3v) is 2.87.